The molecule has 36 heavy (non-hydrogen) atoms. The molecule has 2 heterocycles. The summed E-state index contributed by atoms with van der Waals surface area (Å²) >= 11 is 0. The van der Waals surface area contributed by atoms with Gasteiger partial charge in [0.25, 0.3) is 5.91 Å². The Hall–Kier alpha value is -4.13. The van der Waals surface area contributed by atoms with Gasteiger partial charge >= 0.3 is 0 Å². The largest absolute Gasteiger partial charge is 0.497 e. The predicted molar refractivity (Wildman–Crippen MR) is 139 cm³/mol. The molecule has 0 bridgehead atoms. The molecule has 0 spiro atoms. The Morgan fingerprint density at radius 1 is 1.06 bits per heavy atom. The molecule has 3 aromatic carbocycles. The molecule has 2 amide bonds. The fourth-order valence-electron chi connectivity index (χ4n) is 4.97. The van der Waals surface area contributed by atoms with Crippen LogP contribution >= 0.6 is 0 Å². The Kier molecular flexibility index (Phi) is 6.71. The molecule has 0 saturated carbocycles. The molecule has 5 rings (SSSR count). The Balaban J connectivity index is 1.35. The summed E-state index contributed by atoms with van der Waals surface area (Å²) in [4.78, 5) is 33.3. The number of rotatable bonds is 6. The zero-order chi connectivity index (χ0) is 25.1. The van der Waals surface area contributed by atoms with Crippen molar-refractivity contribution < 1.29 is 14.3 Å². The molecule has 1 fully saturated rings. The molecule has 4 aromatic rings. The van der Waals surface area contributed by atoms with Gasteiger partial charge in [-0.05, 0) is 47.4 Å². The fraction of sp³-hybridized carbons (Fsp3) is 0.276. The molecule has 1 aliphatic rings. The minimum absolute atomic E-state index is 0.0277. The number of hydrogen-bond donors (Lipinski definition) is 1. The first-order valence-electron chi connectivity index (χ1n) is 12.2. The van der Waals surface area contributed by atoms with E-state index < -0.39 is 6.04 Å². The number of imidazole rings is 1. The van der Waals surface area contributed by atoms with E-state index in [1.165, 1.54) is 0 Å². The van der Waals surface area contributed by atoms with Crippen LogP contribution in [0.5, 0.6) is 5.75 Å². The number of aryl methyl sites for hydroxylation is 1. The first-order chi connectivity index (χ1) is 17.5. The standard InChI is InChI=1S/C29H30N4O3/c1-32-18-16-30-27(32)26(21-12-14-23(36-2)15-13-21)31-28(34)22-9-6-17-33(19-22)29(35)25-11-5-8-20-7-3-4-10-24(20)25/h3-5,7-8,10-16,18,22,26H,6,9,17,19H2,1-2H3,(H,31,34)/t22-,26+/m0/s1. The van der Waals surface area contributed by atoms with Crippen molar-refractivity contribution in [3.05, 3.63) is 96.1 Å². The topological polar surface area (TPSA) is 76.5 Å². The molecule has 7 heteroatoms. The Morgan fingerprint density at radius 2 is 1.83 bits per heavy atom. The average Bonchev–Trinajstić information content (AvgIpc) is 3.36. The Morgan fingerprint density at radius 3 is 2.58 bits per heavy atom. The zero-order valence-electron chi connectivity index (χ0n) is 20.6. The molecule has 0 radical (unpaired) electrons. The number of nitrogens with one attached hydrogen (secondary N) is 1. The van der Waals surface area contributed by atoms with Gasteiger partial charge in [-0.15, -0.1) is 0 Å². The molecule has 0 unspecified atom stereocenters. The van der Waals surface area contributed by atoms with E-state index in [2.05, 4.69) is 10.3 Å². The van der Waals surface area contributed by atoms with E-state index in [9.17, 15) is 9.59 Å². The molecule has 7 nitrogen and oxygen atoms in total. The lowest BCUT2D eigenvalue weighted by atomic mass is 9.94. The lowest BCUT2D eigenvalue weighted by Crippen LogP contribution is -2.46. The molecular formula is C29H30N4O3. The number of fused-ring (bicyclic) bond motifs is 1. The van der Waals surface area contributed by atoms with Gasteiger partial charge in [-0.2, -0.15) is 0 Å². The van der Waals surface area contributed by atoms with Crippen molar-refractivity contribution in [2.24, 2.45) is 13.0 Å². The highest BCUT2D eigenvalue weighted by Gasteiger charge is 2.31. The monoisotopic (exact) mass is 482 g/mol. The van der Waals surface area contributed by atoms with Crippen LogP contribution in [0, 0.1) is 5.92 Å². The van der Waals surface area contributed by atoms with E-state index in [4.69, 9.17) is 4.74 Å². The lowest BCUT2D eigenvalue weighted by Gasteiger charge is -2.33. The van der Waals surface area contributed by atoms with E-state index >= 15 is 0 Å². The molecule has 0 aliphatic carbocycles. The van der Waals surface area contributed by atoms with Crippen molar-refractivity contribution in [3.8, 4) is 5.75 Å². The number of nitrogens with zero attached hydrogens (tertiary/aromatic N) is 3. The number of hydrogen-bond acceptors (Lipinski definition) is 4. The molecule has 2 atom stereocenters. The summed E-state index contributed by atoms with van der Waals surface area (Å²) in [5.74, 6) is 1.10. The van der Waals surface area contributed by atoms with Gasteiger partial charge in [-0.3, -0.25) is 9.59 Å². The van der Waals surface area contributed by atoms with E-state index in [1.807, 2.05) is 89.4 Å². The van der Waals surface area contributed by atoms with Crippen LogP contribution in [0.1, 0.15) is 40.6 Å². The maximum Gasteiger partial charge on any atom is 0.254 e. The van der Waals surface area contributed by atoms with E-state index in [0.717, 1.165) is 40.8 Å². The van der Waals surface area contributed by atoms with Crippen LogP contribution in [0.3, 0.4) is 0 Å². The van der Waals surface area contributed by atoms with Gasteiger partial charge < -0.3 is 19.5 Å². The summed E-state index contributed by atoms with van der Waals surface area (Å²) in [6.07, 6.45) is 5.11. The third-order valence-corrected chi connectivity index (χ3v) is 6.95. The van der Waals surface area contributed by atoms with Gasteiger partial charge in [0.2, 0.25) is 5.91 Å². The zero-order valence-corrected chi connectivity index (χ0v) is 20.6. The van der Waals surface area contributed by atoms with E-state index in [-0.39, 0.29) is 17.7 Å². The second-order valence-electron chi connectivity index (χ2n) is 9.23. The minimum Gasteiger partial charge on any atom is -0.497 e. The molecule has 1 aromatic heterocycles. The van der Waals surface area contributed by atoms with E-state index in [0.29, 0.717) is 18.7 Å². The maximum absolute atomic E-state index is 13.5. The van der Waals surface area contributed by atoms with Crippen LogP contribution < -0.4 is 10.1 Å². The van der Waals surface area contributed by atoms with Crippen molar-refractivity contribution in [2.75, 3.05) is 20.2 Å². The summed E-state index contributed by atoms with van der Waals surface area (Å²) in [5, 5.41) is 5.18. The number of benzene rings is 3. The highest BCUT2D eigenvalue weighted by molar-refractivity contribution is 6.07. The maximum atomic E-state index is 13.5. The SMILES string of the molecule is COc1ccc([C@@H](NC(=O)[C@H]2CCCN(C(=O)c3cccc4ccccc34)C2)c2nccn2C)cc1. The van der Waals surface area contributed by atoms with Gasteiger partial charge in [0.05, 0.1) is 13.0 Å². The van der Waals surface area contributed by atoms with Gasteiger partial charge in [0.15, 0.2) is 0 Å². The summed E-state index contributed by atoms with van der Waals surface area (Å²) in [6.45, 7) is 1.04. The number of likely N-dealkylation sites (tertiary alicyclic amines) is 1. The van der Waals surface area contributed by atoms with E-state index in [1.54, 1.807) is 13.3 Å². The van der Waals surface area contributed by atoms with Crippen LogP contribution in [0.2, 0.25) is 0 Å². The lowest BCUT2D eigenvalue weighted by molar-refractivity contribution is -0.126. The Bertz CT molecular complexity index is 1370. The summed E-state index contributed by atoms with van der Waals surface area (Å²) < 4.78 is 7.20. The third-order valence-electron chi connectivity index (χ3n) is 6.95. The highest BCUT2D eigenvalue weighted by Crippen LogP contribution is 2.27. The third kappa shape index (κ3) is 4.69. The number of carbonyl (C=O) groups excluding carboxylic acids is 2. The number of carbonyl (C=O) groups is 2. The van der Waals surface area contributed by atoms with Crippen molar-refractivity contribution >= 4 is 22.6 Å². The average molecular weight is 483 g/mol. The summed E-state index contributed by atoms with van der Waals surface area (Å²) in [5.41, 5.74) is 1.59. The number of aromatic nitrogens is 2. The molecular weight excluding hydrogens is 452 g/mol. The minimum atomic E-state index is -0.410. The molecule has 184 valence electrons. The van der Waals surface area contributed by atoms with Crippen LogP contribution in [-0.4, -0.2) is 46.5 Å². The van der Waals surface area contributed by atoms with Gasteiger partial charge in [-0.25, -0.2) is 4.98 Å². The fourth-order valence-corrected chi connectivity index (χ4v) is 4.97. The highest BCUT2D eigenvalue weighted by atomic mass is 16.5. The first kappa shape index (κ1) is 23.6. The number of amides is 2. The quantitative estimate of drug-likeness (QED) is 0.444. The molecule has 1 N–H and O–H groups in total. The van der Waals surface area contributed by atoms with Crippen molar-refractivity contribution in [3.63, 3.8) is 0 Å². The van der Waals surface area contributed by atoms with Crippen molar-refractivity contribution in [2.45, 2.75) is 18.9 Å². The number of ether oxygens (including phenoxy) is 1. The van der Waals surface area contributed by atoms with Crippen LogP contribution in [-0.2, 0) is 11.8 Å². The van der Waals surface area contributed by atoms with Crippen LogP contribution in [0.4, 0.5) is 0 Å². The smallest absolute Gasteiger partial charge is 0.254 e. The molecule has 1 saturated heterocycles. The van der Waals surface area contributed by atoms with Crippen molar-refractivity contribution in [1.82, 2.24) is 19.8 Å². The number of piperidine rings is 1. The summed E-state index contributed by atoms with van der Waals surface area (Å²) in [7, 11) is 3.54. The Labute approximate surface area is 210 Å². The van der Waals surface area contributed by atoms with Gasteiger partial charge in [0, 0.05) is 38.1 Å². The second kappa shape index (κ2) is 10.2. The van der Waals surface area contributed by atoms with Gasteiger partial charge in [-0.1, -0.05) is 48.5 Å². The van der Waals surface area contributed by atoms with Crippen molar-refractivity contribution in [1.29, 1.82) is 0 Å². The van der Waals surface area contributed by atoms with Crippen LogP contribution in [0.15, 0.2) is 79.1 Å². The van der Waals surface area contributed by atoms with Crippen LogP contribution in [0.25, 0.3) is 10.8 Å². The molecule has 1 aliphatic heterocycles. The summed E-state index contributed by atoms with van der Waals surface area (Å²) in [6, 6.07) is 20.9. The van der Waals surface area contributed by atoms with Gasteiger partial charge in [0.1, 0.15) is 17.6 Å². The predicted octanol–water partition coefficient (Wildman–Crippen LogP) is 4.34. The first-order valence-corrected chi connectivity index (χ1v) is 12.2. The normalized spacial score (nSPS) is 16.5. The number of methoxy groups -OCH3 is 1. The second-order valence-corrected chi connectivity index (χ2v) is 9.23.